The molecule has 34 heavy (non-hydrogen) atoms. The zero-order valence-electron chi connectivity index (χ0n) is 18.4. The Labute approximate surface area is 200 Å². The third-order valence-corrected chi connectivity index (χ3v) is 6.20. The molecule has 168 valence electrons. The molecule has 0 aliphatic heterocycles. The SMILES string of the molecule is COc1ccccc1/C=c1/s/c(=C(/C#N)C(=O)NCc2ccccc2)n(-c2ccccc2)c1=O. The van der Waals surface area contributed by atoms with Gasteiger partial charge in [-0.2, -0.15) is 5.26 Å². The van der Waals surface area contributed by atoms with Crippen molar-refractivity contribution in [2.45, 2.75) is 6.54 Å². The normalized spacial score (nSPS) is 12.1. The molecular formula is C27H21N3O3S. The number of nitrogens with zero attached hydrogens (tertiary/aromatic N) is 2. The van der Waals surface area contributed by atoms with Gasteiger partial charge in [-0.05, 0) is 29.8 Å². The first-order chi connectivity index (χ1) is 16.6. The van der Waals surface area contributed by atoms with Crippen LogP contribution in [0.3, 0.4) is 0 Å². The molecule has 0 aliphatic carbocycles. The number of aromatic nitrogens is 1. The Morgan fingerprint density at radius 2 is 1.68 bits per heavy atom. The number of methoxy groups -OCH3 is 1. The Balaban J connectivity index is 1.90. The van der Waals surface area contributed by atoms with Crippen LogP contribution in [0.4, 0.5) is 0 Å². The van der Waals surface area contributed by atoms with E-state index in [1.54, 1.807) is 43.5 Å². The lowest BCUT2D eigenvalue weighted by atomic mass is 10.2. The van der Waals surface area contributed by atoms with Gasteiger partial charge in [0.1, 0.15) is 16.5 Å². The first kappa shape index (κ1) is 22.8. The van der Waals surface area contributed by atoms with E-state index in [9.17, 15) is 14.9 Å². The molecule has 4 aromatic rings. The minimum atomic E-state index is -0.541. The van der Waals surface area contributed by atoms with Gasteiger partial charge in [0, 0.05) is 12.1 Å². The van der Waals surface area contributed by atoms with Gasteiger partial charge in [0.15, 0.2) is 5.57 Å². The third-order valence-electron chi connectivity index (χ3n) is 5.11. The second-order valence-corrected chi connectivity index (χ2v) is 8.32. The van der Waals surface area contributed by atoms with Gasteiger partial charge in [0.25, 0.3) is 11.5 Å². The van der Waals surface area contributed by atoms with Gasteiger partial charge in [-0.1, -0.05) is 66.7 Å². The largest absolute Gasteiger partial charge is 0.496 e. The van der Waals surface area contributed by atoms with Crippen molar-refractivity contribution >= 4 is 28.9 Å². The Kier molecular flexibility index (Phi) is 7.01. The minimum absolute atomic E-state index is 0.124. The molecule has 0 saturated carbocycles. The summed E-state index contributed by atoms with van der Waals surface area (Å²) >= 11 is 1.10. The molecule has 0 saturated heterocycles. The number of hydrogen-bond donors (Lipinski definition) is 1. The highest BCUT2D eigenvalue weighted by Gasteiger charge is 2.17. The summed E-state index contributed by atoms with van der Waals surface area (Å²) in [6.45, 7) is 0.270. The highest BCUT2D eigenvalue weighted by atomic mass is 32.1. The van der Waals surface area contributed by atoms with E-state index in [1.165, 1.54) is 4.57 Å². The summed E-state index contributed by atoms with van der Waals surface area (Å²) in [5.41, 5.74) is 1.76. The zero-order chi connectivity index (χ0) is 23.9. The van der Waals surface area contributed by atoms with Gasteiger partial charge in [-0.25, -0.2) is 0 Å². The lowest BCUT2D eigenvalue weighted by Gasteiger charge is -2.06. The van der Waals surface area contributed by atoms with E-state index in [-0.39, 0.29) is 22.3 Å². The van der Waals surface area contributed by atoms with Crippen LogP contribution >= 0.6 is 11.3 Å². The average Bonchev–Trinajstić information content (AvgIpc) is 3.20. The predicted octanol–water partition coefficient (Wildman–Crippen LogP) is 2.73. The topological polar surface area (TPSA) is 84.1 Å². The van der Waals surface area contributed by atoms with Crippen molar-refractivity contribution in [1.29, 1.82) is 5.26 Å². The van der Waals surface area contributed by atoms with Crippen LogP contribution in [0.1, 0.15) is 11.1 Å². The molecule has 4 rings (SSSR count). The highest BCUT2D eigenvalue weighted by Crippen LogP contribution is 2.17. The van der Waals surface area contributed by atoms with Gasteiger partial charge in [0.2, 0.25) is 0 Å². The van der Waals surface area contributed by atoms with Crippen LogP contribution in [0, 0.1) is 11.3 Å². The van der Waals surface area contributed by atoms with Crippen LogP contribution in [0.25, 0.3) is 17.3 Å². The first-order valence-corrected chi connectivity index (χ1v) is 11.3. The van der Waals surface area contributed by atoms with E-state index in [0.717, 1.165) is 22.5 Å². The summed E-state index contributed by atoms with van der Waals surface area (Å²) in [6.07, 6.45) is 1.71. The second kappa shape index (κ2) is 10.5. The molecule has 0 radical (unpaired) electrons. The Morgan fingerprint density at radius 1 is 1.03 bits per heavy atom. The Hall–Kier alpha value is -4.41. The van der Waals surface area contributed by atoms with Gasteiger partial charge < -0.3 is 10.1 Å². The summed E-state index contributed by atoms with van der Waals surface area (Å²) < 4.78 is 7.46. The smallest absolute Gasteiger partial charge is 0.273 e. The van der Waals surface area contributed by atoms with Crippen LogP contribution in [0.2, 0.25) is 0 Å². The summed E-state index contributed by atoms with van der Waals surface area (Å²) in [7, 11) is 1.56. The monoisotopic (exact) mass is 467 g/mol. The van der Waals surface area contributed by atoms with Crippen molar-refractivity contribution in [2.24, 2.45) is 0 Å². The number of hydrogen-bond acceptors (Lipinski definition) is 5. The Morgan fingerprint density at radius 3 is 2.35 bits per heavy atom. The summed E-state index contributed by atoms with van der Waals surface area (Å²) in [6, 6.07) is 27.7. The molecule has 6 nitrogen and oxygen atoms in total. The average molecular weight is 468 g/mol. The fraction of sp³-hybridized carbons (Fsp3) is 0.0741. The van der Waals surface area contributed by atoms with E-state index in [4.69, 9.17) is 4.74 Å². The number of nitrogens with one attached hydrogen (secondary N) is 1. The molecule has 3 aromatic carbocycles. The number of amides is 1. The number of carbonyl (C=O) groups excluding carboxylic acids is 1. The van der Waals surface area contributed by atoms with E-state index in [0.29, 0.717) is 16.0 Å². The molecule has 0 aliphatic rings. The van der Waals surface area contributed by atoms with Gasteiger partial charge in [-0.3, -0.25) is 14.2 Å². The lowest BCUT2D eigenvalue weighted by Crippen LogP contribution is -2.33. The van der Waals surface area contributed by atoms with E-state index < -0.39 is 5.91 Å². The van der Waals surface area contributed by atoms with E-state index in [1.807, 2.05) is 60.7 Å². The van der Waals surface area contributed by atoms with Gasteiger partial charge in [-0.15, -0.1) is 11.3 Å². The number of ether oxygens (including phenoxy) is 1. The molecule has 0 spiro atoms. The van der Waals surface area contributed by atoms with Crippen molar-refractivity contribution in [3.63, 3.8) is 0 Å². The molecule has 0 unspecified atom stereocenters. The van der Waals surface area contributed by atoms with Gasteiger partial charge >= 0.3 is 0 Å². The fourth-order valence-corrected chi connectivity index (χ4v) is 4.54. The first-order valence-electron chi connectivity index (χ1n) is 10.5. The van der Waals surface area contributed by atoms with Crippen molar-refractivity contribution in [3.8, 4) is 17.5 Å². The molecule has 0 atom stereocenters. The molecule has 0 bridgehead atoms. The number of para-hydroxylation sites is 2. The summed E-state index contributed by atoms with van der Waals surface area (Å²) in [5.74, 6) is 0.0781. The third kappa shape index (κ3) is 4.82. The number of benzene rings is 3. The number of rotatable bonds is 6. The highest BCUT2D eigenvalue weighted by molar-refractivity contribution is 7.07. The molecule has 1 heterocycles. The molecule has 1 amide bonds. The number of thiazole rings is 1. The molecule has 7 heteroatoms. The second-order valence-electron chi connectivity index (χ2n) is 7.29. The lowest BCUT2D eigenvalue weighted by molar-refractivity contribution is -0.115. The van der Waals surface area contributed by atoms with Crippen molar-refractivity contribution in [3.05, 3.63) is 116 Å². The van der Waals surface area contributed by atoms with E-state index >= 15 is 0 Å². The quantitative estimate of drug-likeness (QED) is 0.473. The maximum absolute atomic E-state index is 13.5. The maximum atomic E-state index is 13.5. The molecular weight excluding hydrogens is 446 g/mol. The van der Waals surface area contributed by atoms with Gasteiger partial charge in [0.05, 0.1) is 17.3 Å². The van der Waals surface area contributed by atoms with Crippen LogP contribution in [0.15, 0.2) is 89.7 Å². The molecule has 0 fully saturated rings. The van der Waals surface area contributed by atoms with Crippen LogP contribution in [-0.4, -0.2) is 17.6 Å². The van der Waals surface area contributed by atoms with Crippen molar-refractivity contribution in [1.82, 2.24) is 9.88 Å². The maximum Gasteiger partial charge on any atom is 0.273 e. The standard InChI is InChI=1S/C27H21N3O3S/c1-33-23-15-9-8-12-20(23)16-24-26(32)30(21-13-6-3-7-14-21)27(34-24)22(17-28)25(31)29-18-19-10-4-2-5-11-19/h2-16H,18H2,1H3,(H,29,31)/b24-16+,27-22-. The van der Waals surface area contributed by atoms with Crippen LogP contribution in [0.5, 0.6) is 5.75 Å². The molecule has 1 N–H and O–H groups in total. The van der Waals surface area contributed by atoms with Crippen molar-refractivity contribution in [2.75, 3.05) is 7.11 Å². The summed E-state index contributed by atoms with van der Waals surface area (Å²) in [5, 5.41) is 12.7. The minimum Gasteiger partial charge on any atom is -0.496 e. The Bertz CT molecular complexity index is 1530. The predicted molar refractivity (Wildman–Crippen MR) is 133 cm³/mol. The molecule has 1 aromatic heterocycles. The number of nitriles is 1. The van der Waals surface area contributed by atoms with Crippen molar-refractivity contribution < 1.29 is 9.53 Å². The van der Waals surface area contributed by atoms with Crippen LogP contribution < -0.4 is 24.8 Å². The van der Waals surface area contributed by atoms with E-state index in [2.05, 4.69) is 5.32 Å². The van der Waals surface area contributed by atoms with Crippen LogP contribution in [-0.2, 0) is 11.3 Å². The zero-order valence-corrected chi connectivity index (χ0v) is 19.2. The number of carbonyl (C=O) groups is 1. The summed E-state index contributed by atoms with van der Waals surface area (Å²) in [4.78, 5) is 26.5. The fourth-order valence-electron chi connectivity index (χ4n) is 3.45.